The van der Waals surface area contributed by atoms with E-state index in [2.05, 4.69) is 11.9 Å². The number of amides is 2. The van der Waals surface area contributed by atoms with Gasteiger partial charge in [0, 0.05) is 6.07 Å². The maximum absolute atomic E-state index is 12.0. The van der Waals surface area contributed by atoms with E-state index < -0.39 is 12.2 Å². The summed E-state index contributed by atoms with van der Waals surface area (Å²) in [4.78, 5) is 24.6. The Labute approximate surface area is 127 Å². The Hall–Kier alpha value is -2.70. The first kappa shape index (κ1) is 14.2. The first-order valence-corrected chi connectivity index (χ1v) is 6.95. The molecule has 3 rings (SSSR count). The van der Waals surface area contributed by atoms with Gasteiger partial charge in [-0.05, 0) is 18.2 Å². The second-order valence-corrected chi connectivity index (χ2v) is 4.89. The van der Waals surface area contributed by atoms with Gasteiger partial charge >= 0.3 is 6.09 Å². The highest BCUT2D eigenvalue weighted by atomic mass is 16.6. The number of nitrogens with zero attached hydrogens (tertiary/aromatic N) is 1. The van der Waals surface area contributed by atoms with E-state index in [1.165, 1.54) is 11.0 Å². The summed E-state index contributed by atoms with van der Waals surface area (Å²) in [6, 6.07) is 5.30. The number of ether oxygens (including phenoxy) is 3. The average Bonchev–Trinajstić information content (AvgIpc) is 2.93. The van der Waals surface area contributed by atoms with Gasteiger partial charge in [-0.15, -0.1) is 0 Å². The molecule has 0 saturated carbocycles. The van der Waals surface area contributed by atoms with Crippen LogP contribution in [0.2, 0.25) is 0 Å². The molecule has 22 heavy (non-hydrogen) atoms. The van der Waals surface area contributed by atoms with Gasteiger partial charge in [-0.1, -0.05) is 6.58 Å². The molecule has 0 bridgehead atoms. The van der Waals surface area contributed by atoms with Crippen molar-refractivity contribution < 1.29 is 23.8 Å². The predicted molar refractivity (Wildman–Crippen MR) is 78.3 cm³/mol. The van der Waals surface area contributed by atoms with Gasteiger partial charge in [0.1, 0.15) is 19.3 Å². The summed E-state index contributed by atoms with van der Waals surface area (Å²) < 4.78 is 16.2. The van der Waals surface area contributed by atoms with Crippen molar-refractivity contribution in [3.8, 4) is 11.5 Å². The van der Waals surface area contributed by atoms with Crippen LogP contribution in [-0.4, -0.2) is 44.4 Å². The molecule has 1 unspecified atom stereocenters. The third kappa shape index (κ3) is 2.83. The zero-order valence-electron chi connectivity index (χ0n) is 11.9. The maximum atomic E-state index is 12.0. The summed E-state index contributed by atoms with van der Waals surface area (Å²) in [5, 5.41) is 2.61. The number of cyclic esters (lactones) is 1. The Morgan fingerprint density at radius 2 is 2.14 bits per heavy atom. The Kier molecular flexibility index (Phi) is 3.86. The number of hydrogen-bond donors (Lipinski definition) is 1. The fourth-order valence-corrected chi connectivity index (χ4v) is 2.33. The lowest BCUT2D eigenvalue weighted by atomic mass is 10.2. The molecule has 2 aliphatic heterocycles. The fraction of sp³-hybridized carbons (Fsp3) is 0.333. The number of nitrogens with one attached hydrogen (secondary N) is 1. The number of rotatable bonds is 4. The molecular weight excluding hydrogens is 288 g/mol. The Morgan fingerprint density at radius 3 is 2.91 bits per heavy atom. The van der Waals surface area contributed by atoms with Gasteiger partial charge in [-0.3, -0.25) is 9.69 Å². The molecule has 0 aromatic heterocycles. The smallest absolute Gasteiger partial charge is 0.414 e. The van der Waals surface area contributed by atoms with Gasteiger partial charge in [-0.25, -0.2) is 4.79 Å². The second-order valence-electron chi connectivity index (χ2n) is 4.89. The molecular formula is C15H16N2O5. The molecule has 1 aromatic rings. The van der Waals surface area contributed by atoms with Crippen molar-refractivity contribution in [3.63, 3.8) is 0 Å². The normalized spacial score (nSPS) is 19.5. The zero-order valence-corrected chi connectivity index (χ0v) is 11.9. The fourth-order valence-electron chi connectivity index (χ4n) is 2.33. The molecule has 2 aliphatic rings. The van der Waals surface area contributed by atoms with Gasteiger partial charge in [0.2, 0.25) is 5.91 Å². The van der Waals surface area contributed by atoms with Crippen LogP contribution in [0.5, 0.6) is 11.5 Å². The standard InChI is InChI=1S/C15H16N2O5/c1-2-14(18)16-8-11-9-17(15(19)22-11)10-3-4-12-13(7-10)21-6-5-20-12/h2-4,7,11H,1,5-6,8-9H2,(H,16,18). The van der Waals surface area contributed by atoms with Crippen molar-refractivity contribution in [2.24, 2.45) is 0 Å². The summed E-state index contributed by atoms with van der Waals surface area (Å²) in [6.07, 6.45) is 0.328. The molecule has 0 radical (unpaired) electrons. The molecule has 2 heterocycles. The van der Waals surface area contributed by atoms with Crippen molar-refractivity contribution in [2.75, 3.05) is 31.2 Å². The maximum Gasteiger partial charge on any atom is 0.414 e. The van der Waals surface area contributed by atoms with Crippen LogP contribution in [0, 0.1) is 0 Å². The number of carbonyl (C=O) groups excluding carboxylic acids is 2. The van der Waals surface area contributed by atoms with E-state index >= 15 is 0 Å². The molecule has 1 atom stereocenters. The Morgan fingerprint density at radius 1 is 1.36 bits per heavy atom. The first-order chi connectivity index (χ1) is 10.7. The highest BCUT2D eigenvalue weighted by Gasteiger charge is 2.33. The molecule has 1 saturated heterocycles. The molecule has 0 spiro atoms. The van der Waals surface area contributed by atoms with E-state index in [9.17, 15) is 9.59 Å². The lowest BCUT2D eigenvalue weighted by Crippen LogP contribution is -2.33. The lowest BCUT2D eigenvalue weighted by molar-refractivity contribution is -0.116. The summed E-state index contributed by atoms with van der Waals surface area (Å²) in [7, 11) is 0. The van der Waals surface area contributed by atoms with E-state index in [0.29, 0.717) is 36.9 Å². The van der Waals surface area contributed by atoms with Crippen LogP contribution in [0.15, 0.2) is 30.9 Å². The third-order valence-electron chi connectivity index (χ3n) is 3.40. The van der Waals surface area contributed by atoms with Gasteiger partial charge in [0.15, 0.2) is 11.5 Å². The SMILES string of the molecule is C=CC(=O)NCC1CN(c2ccc3c(c2)OCCO3)C(=O)O1. The van der Waals surface area contributed by atoms with Crippen LogP contribution in [-0.2, 0) is 9.53 Å². The summed E-state index contributed by atoms with van der Waals surface area (Å²) >= 11 is 0. The first-order valence-electron chi connectivity index (χ1n) is 6.95. The monoisotopic (exact) mass is 304 g/mol. The molecule has 1 N–H and O–H groups in total. The van der Waals surface area contributed by atoms with Gasteiger partial charge in [0.25, 0.3) is 0 Å². The molecule has 7 heteroatoms. The Bertz CT molecular complexity index is 616. The third-order valence-corrected chi connectivity index (χ3v) is 3.40. The van der Waals surface area contributed by atoms with Crippen LogP contribution in [0.1, 0.15) is 0 Å². The molecule has 2 amide bonds. The minimum absolute atomic E-state index is 0.248. The molecule has 116 valence electrons. The van der Waals surface area contributed by atoms with Crippen molar-refractivity contribution in [2.45, 2.75) is 6.10 Å². The number of carbonyl (C=O) groups is 2. The van der Waals surface area contributed by atoms with Crippen molar-refractivity contribution in [1.82, 2.24) is 5.32 Å². The molecule has 0 aliphatic carbocycles. The summed E-state index contributed by atoms with van der Waals surface area (Å²) in [5.41, 5.74) is 0.673. The van der Waals surface area contributed by atoms with Crippen LogP contribution >= 0.6 is 0 Å². The minimum atomic E-state index is -0.450. The molecule has 1 aromatic carbocycles. The molecule has 1 fully saturated rings. The highest BCUT2D eigenvalue weighted by molar-refractivity contribution is 5.90. The van der Waals surface area contributed by atoms with E-state index in [-0.39, 0.29) is 12.5 Å². The largest absolute Gasteiger partial charge is 0.486 e. The zero-order chi connectivity index (χ0) is 15.5. The van der Waals surface area contributed by atoms with Gasteiger partial charge < -0.3 is 19.5 Å². The van der Waals surface area contributed by atoms with E-state index in [4.69, 9.17) is 14.2 Å². The number of anilines is 1. The highest BCUT2D eigenvalue weighted by Crippen LogP contribution is 2.35. The lowest BCUT2D eigenvalue weighted by Gasteiger charge is -2.21. The van der Waals surface area contributed by atoms with Crippen molar-refractivity contribution >= 4 is 17.7 Å². The summed E-state index contributed by atoms with van der Waals surface area (Å²) in [6.45, 7) is 4.97. The quantitative estimate of drug-likeness (QED) is 0.842. The summed E-state index contributed by atoms with van der Waals surface area (Å²) in [5.74, 6) is 0.978. The molecule has 7 nitrogen and oxygen atoms in total. The number of fused-ring (bicyclic) bond motifs is 1. The average molecular weight is 304 g/mol. The minimum Gasteiger partial charge on any atom is -0.486 e. The van der Waals surface area contributed by atoms with Crippen LogP contribution in [0.3, 0.4) is 0 Å². The van der Waals surface area contributed by atoms with Gasteiger partial charge in [0.05, 0.1) is 18.8 Å². The van der Waals surface area contributed by atoms with E-state index in [1.54, 1.807) is 18.2 Å². The van der Waals surface area contributed by atoms with Crippen LogP contribution in [0.4, 0.5) is 10.5 Å². The van der Waals surface area contributed by atoms with Crippen LogP contribution < -0.4 is 19.7 Å². The van der Waals surface area contributed by atoms with Crippen molar-refractivity contribution in [3.05, 3.63) is 30.9 Å². The van der Waals surface area contributed by atoms with E-state index in [0.717, 1.165) is 0 Å². The second kappa shape index (κ2) is 5.97. The predicted octanol–water partition coefficient (Wildman–Crippen LogP) is 1.09. The van der Waals surface area contributed by atoms with Crippen molar-refractivity contribution in [1.29, 1.82) is 0 Å². The number of hydrogen-bond acceptors (Lipinski definition) is 5. The van der Waals surface area contributed by atoms with E-state index in [1.807, 2.05) is 0 Å². The van der Waals surface area contributed by atoms with Gasteiger partial charge in [-0.2, -0.15) is 0 Å². The van der Waals surface area contributed by atoms with Crippen LogP contribution in [0.25, 0.3) is 0 Å². The Balaban J connectivity index is 1.68. The number of benzene rings is 1. The topological polar surface area (TPSA) is 77.1 Å².